The van der Waals surface area contributed by atoms with Gasteiger partial charge < -0.3 is 24.3 Å². The number of imidazole rings is 1. The Labute approximate surface area is 204 Å². The SMILES string of the molecule is Cc1cc(C(C)(C)c2ccc(OCC(O)Cn3ccnc3)cc2)cc(Cl)c1OCC(O)CCl. The molecule has 0 spiro atoms. The van der Waals surface area contributed by atoms with E-state index in [9.17, 15) is 10.2 Å². The summed E-state index contributed by atoms with van der Waals surface area (Å²) < 4.78 is 13.2. The van der Waals surface area contributed by atoms with Gasteiger partial charge in [-0.3, -0.25) is 0 Å². The Bertz CT molecular complexity index is 1000. The van der Waals surface area contributed by atoms with E-state index in [1.807, 2.05) is 47.9 Å². The molecule has 0 radical (unpaired) electrons. The zero-order valence-electron chi connectivity index (χ0n) is 19.0. The van der Waals surface area contributed by atoms with Gasteiger partial charge in [0.25, 0.3) is 0 Å². The molecule has 0 aliphatic heterocycles. The lowest BCUT2D eigenvalue weighted by Gasteiger charge is -2.28. The van der Waals surface area contributed by atoms with Crippen molar-refractivity contribution in [1.82, 2.24) is 9.55 Å². The van der Waals surface area contributed by atoms with Gasteiger partial charge in [-0.25, -0.2) is 4.98 Å². The fourth-order valence-corrected chi connectivity index (χ4v) is 3.93. The largest absolute Gasteiger partial charge is 0.491 e. The molecule has 0 aliphatic carbocycles. The van der Waals surface area contributed by atoms with Gasteiger partial charge in [0.05, 0.1) is 23.8 Å². The molecule has 1 aromatic heterocycles. The van der Waals surface area contributed by atoms with E-state index in [0.29, 0.717) is 23.1 Å². The summed E-state index contributed by atoms with van der Waals surface area (Å²) in [5, 5.41) is 20.3. The average molecular weight is 493 g/mol. The third-order valence-electron chi connectivity index (χ3n) is 5.55. The Morgan fingerprint density at radius 1 is 1.03 bits per heavy atom. The number of benzene rings is 2. The van der Waals surface area contributed by atoms with Gasteiger partial charge in [-0.2, -0.15) is 0 Å². The van der Waals surface area contributed by atoms with Crippen molar-refractivity contribution in [2.75, 3.05) is 19.1 Å². The maximum atomic E-state index is 10.2. The van der Waals surface area contributed by atoms with Crippen LogP contribution in [0, 0.1) is 6.92 Å². The molecule has 0 saturated carbocycles. The van der Waals surface area contributed by atoms with Crippen molar-refractivity contribution in [2.24, 2.45) is 0 Å². The van der Waals surface area contributed by atoms with Gasteiger partial charge in [-0.05, 0) is 41.8 Å². The fraction of sp³-hybridized carbons (Fsp3) is 0.400. The number of hydrogen-bond acceptors (Lipinski definition) is 5. The van der Waals surface area contributed by atoms with Crippen LogP contribution in [0.1, 0.15) is 30.5 Å². The highest BCUT2D eigenvalue weighted by molar-refractivity contribution is 6.32. The fourth-order valence-electron chi connectivity index (χ4n) is 3.52. The third-order valence-corrected chi connectivity index (χ3v) is 6.19. The van der Waals surface area contributed by atoms with Crippen molar-refractivity contribution >= 4 is 23.2 Å². The molecule has 3 aromatic rings. The van der Waals surface area contributed by atoms with E-state index in [-0.39, 0.29) is 24.5 Å². The van der Waals surface area contributed by atoms with Crippen molar-refractivity contribution in [1.29, 1.82) is 0 Å². The topological polar surface area (TPSA) is 76.7 Å². The lowest BCUT2D eigenvalue weighted by molar-refractivity contribution is 0.0924. The quantitative estimate of drug-likeness (QED) is 0.382. The molecule has 6 nitrogen and oxygen atoms in total. The average Bonchev–Trinajstić information content (AvgIpc) is 3.30. The van der Waals surface area contributed by atoms with E-state index in [0.717, 1.165) is 16.7 Å². The van der Waals surface area contributed by atoms with Crippen LogP contribution in [-0.2, 0) is 12.0 Å². The smallest absolute Gasteiger partial charge is 0.140 e. The van der Waals surface area contributed by atoms with Gasteiger partial charge in [0.15, 0.2) is 0 Å². The Balaban J connectivity index is 1.67. The van der Waals surface area contributed by atoms with Gasteiger partial charge >= 0.3 is 0 Å². The molecule has 8 heteroatoms. The molecule has 3 rings (SSSR count). The maximum Gasteiger partial charge on any atom is 0.140 e. The van der Waals surface area contributed by atoms with Crippen LogP contribution in [0.3, 0.4) is 0 Å². The summed E-state index contributed by atoms with van der Waals surface area (Å²) >= 11 is 12.2. The Hall–Kier alpha value is -2.25. The number of rotatable bonds is 11. The van der Waals surface area contributed by atoms with Gasteiger partial charge in [0.1, 0.15) is 36.9 Å². The standard InChI is InChI=1S/C25H30Cl2N2O4/c1-17-10-19(11-23(27)24(17)33-14-20(30)12-26)25(2,3)18-4-6-22(7-5-18)32-15-21(31)13-29-9-8-28-16-29/h4-11,16,20-21,30-31H,12-15H2,1-3H3. The highest BCUT2D eigenvalue weighted by Crippen LogP contribution is 2.38. The van der Waals surface area contributed by atoms with Crippen LogP contribution in [0.25, 0.3) is 0 Å². The minimum Gasteiger partial charge on any atom is -0.491 e. The highest BCUT2D eigenvalue weighted by atomic mass is 35.5. The van der Waals surface area contributed by atoms with Crippen molar-refractivity contribution in [3.8, 4) is 11.5 Å². The second kappa shape index (κ2) is 11.3. The summed E-state index contributed by atoms with van der Waals surface area (Å²) in [6.07, 6.45) is 3.76. The molecule has 2 N–H and O–H groups in total. The molecule has 0 fully saturated rings. The number of aliphatic hydroxyl groups excluding tert-OH is 2. The van der Waals surface area contributed by atoms with E-state index in [1.165, 1.54) is 0 Å². The number of aromatic nitrogens is 2. The normalized spacial score (nSPS) is 13.5. The second-order valence-electron chi connectivity index (χ2n) is 8.60. The molecule has 0 bridgehead atoms. The first-order valence-electron chi connectivity index (χ1n) is 10.7. The van der Waals surface area contributed by atoms with Crippen LogP contribution in [-0.4, -0.2) is 51.1 Å². The zero-order valence-corrected chi connectivity index (χ0v) is 20.6. The summed E-state index contributed by atoms with van der Waals surface area (Å²) in [4.78, 5) is 3.97. The Morgan fingerprint density at radius 2 is 1.73 bits per heavy atom. The summed E-state index contributed by atoms with van der Waals surface area (Å²) in [6.45, 7) is 6.89. The summed E-state index contributed by atoms with van der Waals surface area (Å²) in [6, 6.07) is 11.8. The summed E-state index contributed by atoms with van der Waals surface area (Å²) in [5.41, 5.74) is 2.71. The van der Waals surface area contributed by atoms with Gasteiger partial charge in [-0.15, -0.1) is 11.6 Å². The van der Waals surface area contributed by atoms with Crippen LogP contribution < -0.4 is 9.47 Å². The van der Waals surface area contributed by atoms with E-state index >= 15 is 0 Å². The van der Waals surface area contributed by atoms with Crippen LogP contribution in [0.2, 0.25) is 5.02 Å². The molecule has 0 saturated heterocycles. The molecule has 0 amide bonds. The van der Waals surface area contributed by atoms with Gasteiger partial charge in [0, 0.05) is 17.8 Å². The summed E-state index contributed by atoms with van der Waals surface area (Å²) in [5.74, 6) is 1.35. The van der Waals surface area contributed by atoms with Crippen LogP contribution in [0.15, 0.2) is 55.1 Å². The van der Waals surface area contributed by atoms with Crippen LogP contribution in [0.5, 0.6) is 11.5 Å². The Morgan fingerprint density at radius 3 is 2.33 bits per heavy atom. The number of aliphatic hydroxyl groups is 2. The number of ether oxygens (including phenoxy) is 2. The van der Waals surface area contributed by atoms with E-state index in [4.69, 9.17) is 32.7 Å². The maximum absolute atomic E-state index is 10.2. The first-order valence-corrected chi connectivity index (χ1v) is 11.7. The molecular weight excluding hydrogens is 463 g/mol. The minimum atomic E-state index is -0.744. The lowest BCUT2D eigenvalue weighted by atomic mass is 9.77. The predicted octanol–water partition coefficient (Wildman–Crippen LogP) is 4.59. The van der Waals surface area contributed by atoms with Crippen molar-refractivity contribution < 1.29 is 19.7 Å². The highest BCUT2D eigenvalue weighted by Gasteiger charge is 2.25. The van der Waals surface area contributed by atoms with Crippen LogP contribution in [0.4, 0.5) is 0 Å². The molecule has 178 valence electrons. The lowest BCUT2D eigenvalue weighted by Crippen LogP contribution is -2.23. The number of aryl methyl sites for hydroxylation is 1. The van der Waals surface area contributed by atoms with E-state index in [1.54, 1.807) is 18.7 Å². The zero-order chi connectivity index (χ0) is 24.0. The van der Waals surface area contributed by atoms with Crippen molar-refractivity contribution in [3.63, 3.8) is 0 Å². The van der Waals surface area contributed by atoms with E-state index in [2.05, 4.69) is 18.8 Å². The third kappa shape index (κ3) is 6.64. The number of hydrogen-bond donors (Lipinski definition) is 2. The summed E-state index contributed by atoms with van der Waals surface area (Å²) in [7, 11) is 0. The van der Waals surface area contributed by atoms with Gasteiger partial charge in [-0.1, -0.05) is 43.6 Å². The first-order chi connectivity index (χ1) is 15.7. The molecule has 2 unspecified atom stereocenters. The predicted molar refractivity (Wildman–Crippen MR) is 131 cm³/mol. The molecule has 0 aliphatic rings. The number of alkyl halides is 1. The van der Waals surface area contributed by atoms with E-state index < -0.39 is 12.2 Å². The van der Waals surface area contributed by atoms with Crippen LogP contribution >= 0.6 is 23.2 Å². The van der Waals surface area contributed by atoms with Crippen molar-refractivity contribution in [2.45, 2.75) is 44.9 Å². The van der Waals surface area contributed by atoms with Crippen molar-refractivity contribution in [3.05, 3.63) is 76.8 Å². The number of nitrogens with zero attached hydrogens (tertiary/aromatic N) is 2. The number of halogens is 2. The second-order valence-corrected chi connectivity index (χ2v) is 9.31. The molecule has 2 aromatic carbocycles. The minimum absolute atomic E-state index is 0.0886. The Kier molecular flexibility index (Phi) is 8.65. The molecule has 1 heterocycles. The monoisotopic (exact) mass is 492 g/mol. The first kappa shape index (κ1) is 25.4. The molecule has 2 atom stereocenters. The van der Waals surface area contributed by atoms with Gasteiger partial charge in [0.2, 0.25) is 0 Å². The molecule has 33 heavy (non-hydrogen) atoms. The molecular formula is C25H30Cl2N2O4.